The molecule has 3 N–H and O–H groups in total. The van der Waals surface area contributed by atoms with E-state index in [4.69, 9.17) is 17.0 Å². The van der Waals surface area contributed by atoms with Crippen LogP contribution in [0.15, 0.2) is 61.2 Å². The molecular weight excluding hydrogens is 318 g/mol. The largest absolute Gasteiger partial charge is 0.489 e. The number of hydrogen-bond donors (Lipinski definition) is 3. The average Bonchev–Trinajstić information content (AvgIpc) is 2.60. The van der Waals surface area contributed by atoms with Crippen molar-refractivity contribution >= 4 is 23.5 Å². The standard InChI is InChI=1S/C19H21N3OS/c1-3-11-20-19(24)22-21-13-17-5-4-6-18(12-17)23-14-16-9-7-15(2)8-10-16/h3-10,12-13H,1,11,14H2,2H3,(H2,20,22,24)/p+1. The molecule has 4 nitrogen and oxygen atoms in total. The predicted octanol–water partition coefficient (Wildman–Crippen LogP) is 1.64. The van der Waals surface area contributed by atoms with Gasteiger partial charge in [-0.05, 0) is 42.9 Å². The lowest BCUT2D eigenvalue weighted by molar-refractivity contribution is -0.500. The molecule has 0 aliphatic heterocycles. The number of hydrazine groups is 1. The Bertz CT molecular complexity index is 711. The summed E-state index contributed by atoms with van der Waals surface area (Å²) in [5.41, 5.74) is 6.25. The van der Waals surface area contributed by atoms with E-state index >= 15 is 0 Å². The zero-order valence-electron chi connectivity index (χ0n) is 13.7. The van der Waals surface area contributed by atoms with Gasteiger partial charge in [-0.3, -0.25) is 0 Å². The summed E-state index contributed by atoms with van der Waals surface area (Å²) in [4.78, 5) is 0. The molecule has 0 saturated heterocycles. The number of thiocarbonyl (C=S) groups is 1. The van der Waals surface area contributed by atoms with Gasteiger partial charge in [-0.1, -0.05) is 42.0 Å². The summed E-state index contributed by atoms with van der Waals surface area (Å²) in [6.45, 7) is 6.86. The van der Waals surface area contributed by atoms with Crippen LogP contribution in [-0.4, -0.2) is 17.9 Å². The van der Waals surface area contributed by atoms with Gasteiger partial charge in [0.15, 0.2) is 6.21 Å². The second-order valence-electron chi connectivity index (χ2n) is 5.26. The van der Waals surface area contributed by atoms with Crippen molar-refractivity contribution in [3.63, 3.8) is 0 Å². The molecule has 0 saturated carbocycles. The Kier molecular flexibility index (Phi) is 6.98. The third kappa shape index (κ3) is 6.22. The van der Waals surface area contributed by atoms with Gasteiger partial charge in [0.25, 0.3) is 0 Å². The van der Waals surface area contributed by atoms with Gasteiger partial charge in [0.2, 0.25) is 5.11 Å². The minimum Gasteiger partial charge on any atom is -0.489 e. The van der Waals surface area contributed by atoms with Crippen molar-refractivity contribution < 1.29 is 9.84 Å². The van der Waals surface area contributed by atoms with Crippen molar-refractivity contribution in [2.45, 2.75) is 13.5 Å². The van der Waals surface area contributed by atoms with E-state index in [0.717, 1.165) is 16.9 Å². The fraction of sp³-hybridized carbons (Fsp3) is 0.158. The normalized spacial score (nSPS) is 10.4. The maximum Gasteiger partial charge on any atom is 0.224 e. The lowest BCUT2D eigenvalue weighted by Crippen LogP contribution is -2.82. The summed E-state index contributed by atoms with van der Waals surface area (Å²) < 4.78 is 5.84. The molecule has 0 amide bonds. The molecule has 0 heterocycles. The molecule has 2 aromatic carbocycles. The van der Waals surface area contributed by atoms with Crippen LogP contribution in [0.5, 0.6) is 5.75 Å². The maximum atomic E-state index is 5.84. The minimum atomic E-state index is 0.512. The number of rotatable bonds is 7. The zero-order valence-corrected chi connectivity index (χ0v) is 14.5. The second kappa shape index (κ2) is 9.47. The fourth-order valence-corrected chi connectivity index (χ4v) is 2.08. The number of hydrazone groups is 1. The van der Waals surface area contributed by atoms with E-state index in [1.165, 1.54) is 5.56 Å². The van der Waals surface area contributed by atoms with Crippen molar-refractivity contribution in [3.8, 4) is 5.75 Å². The van der Waals surface area contributed by atoms with E-state index in [1.54, 1.807) is 6.08 Å². The van der Waals surface area contributed by atoms with Crippen LogP contribution in [0.4, 0.5) is 0 Å². The first-order chi connectivity index (χ1) is 11.7. The minimum absolute atomic E-state index is 0.512. The molecule has 124 valence electrons. The summed E-state index contributed by atoms with van der Waals surface area (Å²) in [5, 5.41) is 6.43. The second-order valence-corrected chi connectivity index (χ2v) is 5.67. The highest BCUT2D eigenvalue weighted by atomic mass is 32.1. The molecule has 0 bridgehead atoms. The van der Waals surface area contributed by atoms with Crippen LogP contribution in [0, 0.1) is 6.92 Å². The van der Waals surface area contributed by atoms with Crippen LogP contribution in [-0.2, 0) is 6.61 Å². The summed E-state index contributed by atoms with van der Waals surface area (Å²) in [7, 11) is 0. The molecule has 0 fully saturated rings. The Hall–Kier alpha value is -2.66. The van der Waals surface area contributed by atoms with Crippen LogP contribution in [0.1, 0.15) is 16.7 Å². The molecule has 2 rings (SSSR count). The van der Waals surface area contributed by atoms with Gasteiger partial charge >= 0.3 is 0 Å². The Morgan fingerprint density at radius 1 is 1.25 bits per heavy atom. The van der Waals surface area contributed by atoms with Crippen LogP contribution in [0.2, 0.25) is 0 Å². The molecule has 0 spiro atoms. The van der Waals surface area contributed by atoms with Crippen molar-refractivity contribution in [1.82, 2.24) is 10.7 Å². The quantitative estimate of drug-likeness (QED) is 0.310. The summed E-state index contributed by atoms with van der Waals surface area (Å²) in [6, 6.07) is 16.2. The molecule has 0 aromatic heterocycles. The van der Waals surface area contributed by atoms with Gasteiger partial charge in [0.05, 0.1) is 0 Å². The van der Waals surface area contributed by atoms with Gasteiger partial charge in [-0.2, -0.15) is 0 Å². The topological polar surface area (TPSA) is 47.3 Å². The Balaban J connectivity index is 1.87. The molecule has 0 radical (unpaired) electrons. The number of hydrogen-bond acceptors (Lipinski definition) is 2. The number of benzene rings is 2. The smallest absolute Gasteiger partial charge is 0.224 e. The summed E-state index contributed by atoms with van der Waals surface area (Å²) in [5.74, 6) is 0.818. The SMILES string of the molecule is C=CCNC(=S)N[NH+]=Cc1cccc(OCc2ccc(C)cc2)c1. The fourth-order valence-electron chi connectivity index (χ4n) is 1.94. The van der Waals surface area contributed by atoms with Crippen LogP contribution < -0.4 is 20.6 Å². The Morgan fingerprint density at radius 2 is 2.04 bits per heavy atom. The monoisotopic (exact) mass is 340 g/mol. The van der Waals surface area contributed by atoms with Crippen LogP contribution in [0.25, 0.3) is 0 Å². The predicted molar refractivity (Wildman–Crippen MR) is 102 cm³/mol. The van der Waals surface area contributed by atoms with E-state index in [-0.39, 0.29) is 0 Å². The van der Waals surface area contributed by atoms with E-state index < -0.39 is 0 Å². The van der Waals surface area contributed by atoms with Crippen molar-refractivity contribution in [1.29, 1.82) is 0 Å². The zero-order chi connectivity index (χ0) is 17.2. The average molecular weight is 340 g/mol. The highest BCUT2D eigenvalue weighted by molar-refractivity contribution is 7.80. The van der Waals surface area contributed by atoms with Gasteiger partial charge in [0, 0.05) is 12.1 Å². The van der Waals surface area contributed by atoms with Crippen molar-refractivity contribution in [2.24, 2.45) is 0 Å². The van der Waals surface area contributed by atoms with Gasteiger partial charge in [0.1, 0.15) is 12.4 Å². The maximum absolute atomic E-state index is 5.84. The summed E-state index contributed by atoms with van der Waals surface area (Å²) >= 11 is 5.09. The lowest BCUT2D eigenvalue weighted by Gasteiger charge is -2.06. The molecule has 0 atom stereocenters. The highest BCUT2D eigenvalue weighted by Crippen LogP contribution is 2.14. The number of aryl methyl sites for hydroxylation is 1. The lowest BCUT2D eigenvalue weighted by atomic mass is 10.2. The Morgan fingerprint density at radius 3 is 2.79 bits per heavy atom. The molecule has 0 aliphatic rings. The molecule has 2 aromatic rings. The molecule has 5 heteroatoms. The van der Waals surface area contributed by atoms with Crippen molar-refractivity contribution in [3.05, 3.63) is 77.9 Å². The van der Waals surface area contributed by atoms with E-state index in [9.17, 15) is 0 Å². The van der Waals surface area contributed by atoms with Gasteiger partial charge in [-0.15, -0.1) is 17.1 Å². The van der Waals surface area contributed by atoms with E-state index in [0.29, 0.717) is 18.3 Å². The first-order valence-corrected chi connectivity index (χ1v) is 8.10. The summed E-state index contributed by atoms with van der Waals surface area (Å²) in [6.07, 6.45) is 3.56. The van der Waals surface area contributed by atoms with Gasteiger partial charge < -0.3 is 10.1 Å². The van der Waals surface area contributed by atoms with Crippen LogP contribution in [0.3, 0.4) is 0 Å². The van der Waals surface area contributed by atoms with Crippen molar-refractivity contribution in [2.75, 3.05) is 6.54 Å². The third-order valence-electron chi connectivity index (χ3n) is 3.22. The number of ether oxygens (including phenoxy) is 1. The first-order valence-electron chi connectivity index (χ1n) is 7.69. The molecule has 0 unspecified atom stereocenters. The van der Waals surface area contributed by atoms with E-state index in [1.807, 2.05) is 30.5 Å². The highest BCUT2D eigenvalue weighted by Gasteiger charge is 1.99. The third-order valence-corrected chi connectivity index (χ3v) is 3.46. The van der Waals surface area contributed by atoms with Crippen LogP contribution >= 0.6 is 12.2 Å². The van der Waals surface area contributed by atoms with E-state index in [2.05, 4.69) is 53.6 Å². The molecular formula is C19H22N3OS+. The Labute approximate surface area is 148 Å². The molecule has 0 aliphatic carbocycles. The molecule has 24 heavy (non-hydrogen) atoms. The number of nitrogens with one attached hydrogen (secondary N) is 3. The van der Waals surface area contributed by atoms with Gasteiger partial charge in [-0.25, -0.2) is 0 Å². The first kappa shape index (κ1) is 17.7.